The average Bonchev–Trinajstić information content (AvgIpc) is 3.33. The van der Waals surface area contributed by atoms with Gasteiger partial charge in [-0.1, -0.05) is 22.0 Å². The smallest absolute Gasteiger partial charge is 0.174 e. The Morgan fingerprint density at radius 2 is 1.79 bits per heavy atom. The molecule has 0 aliphatic carbocycles. The Hall–Kier alpha value is -3.03. The fourth-order valence-electron chi connectivity index (χ4n) is 4.77. The Balaban J connectivity index is 1.63. The second-order valence-electron chi connectivity index (χ2n) is 8.70. The molecule has 0 saturated carbocycles. The van der Waals surface area contributed by atoms with E-state index in [9.17, 15) is 0 Å². The van der Waals surface area contributed by atoms with Gasteiger partial charge < -0.3 is 14.8 Å². The van der Waals surface area contributed by atoms with Crippen LogP contribution in [0.25, 0.3) is 0 Å². The fourth-order valence-corrected chi connectivity index (χ4v) is 5.36. The SMILES string of the molecule is Cc1cc(N2C(=S)N[C@@H](c3ccccn3)[C@@H]2c2cc(C)n(Cc3ccncc3)c2C)ccc1Br. The highest BCUT2D eigenvalue weighted by molar-refractivity contribution is 9.10. The average molecular weight is 533 g/mol. The number of halogens is 1. The maximum absolute atomic E-state index is 5.90. The van der Waals surface area contributed by atoms with Crippen LogP contribution in [-0.2, 0) is 6.54 Å². The van der Waals surface area contributed by atoms with Crippen LogP contribution in [0.2, 0.25) is 0 Å². The maximum Gasteiger partial charge on any atom is 0.174 e. The van der Waals surface area contributed by atoms with Crippen LogP contribution in [0.4, 0.5) is 5.69 Å². The molecule has 0 unspecified atom stereocenters. The zero-order valence-corrected chi connectivity index (χ0v) is 21.8. The monoisotopic (exact) mass is 531 g/mol. The van der Waals surface area contributed by atoms with Gasteiger partial charge in [0.15, 0.2) is 5.11 Å². The first-order chi connectivity index (χ1) is 16.4. The Labute approximate surface area is 214 Å². The molecule has 0 radical (unpaired) electrons. The quantitative estimate of drug-likeness (QED) is 0.311. The summed E-state index contributed by atoms with van der Waals surface area (Å²) in [5.41, 5.74) is 8.13. The van der Waals surface area contributed by atoms with Gasteiger partial charge in [0.2, 0.25) is 0 Å². The lowest BCUT2D eigenvalue weighted by atomic mass is 9.96. The van der Waals surface area contributed by atoms with Crippen LogP contribution in [0.1, 0.15) is 45.9 Å². The number of aromatic nitrogens is 3. The molecule has 4 aromatic rings. The molecule has 2 atom stereocenters. The van der Waals surface area contributed by atoms with Gasteiger partial charge in [-0.25, -0.2) is 0 Å². The van der Waals surface area contributed by atoms with E-state index in [-0.39, 0.29) is 12.1 Å². The third kappa shape index (κ3) is 4.14. The van der Waals surface area contributed by atoms with Crippen molar-refractivity contribution >= 4 is 38.9 Å². The Bertz CT molecular complexity index is 1340. The number of thiocarbonyl (C=S) groups is 1. The van der Waals surface area contributed by atoms with E-state index in [1.165, 1.54) is 28.1 Å². The largest absolute Gasteiger partial charge is 0.351 e. The van der Waals surface area contributed by atoms with Crippen molar-refractivity contribution in [2.75, 3.05) is 4.90 Å². The molecular weight excluding hydrogens is 506 g/mol. The molecule has 0 bridgehead atoms. The molecule has 172 valence electrons. The van der Waals surface area contributed by atoms with Crippen molar-refractivity contribution in [2.45, 2.75) is 39.4 Å². The van der Waals surface area contributed by atoms with Crippen LogP contribution in [0, 0.1) is 20.8 Å². The van der Waals surface area contributed by atoms with Gasteiger partial charge >= 0.3 is 0 Å². The number of hydrogen-bond donors (Lipinski definition) is 1. The van der Waals surface area contributed by atoms with Crippen LogP contribution >= 0.6 is 28.1 Å². The maximum atomic E-state index is 5.90. The lowest BCUT2D eigenvalue weighted by Crippen LogP contribution is -2.29. The molecule has 1 aliphatic rings. The molecule has 34 heavy (non-hydrogen) atoms. The molecule has 1 aliphatic heterocycles. The molecule has 0 spiro atoms. The Kier molecular flexibility index (Phi) is 6.23. The van der Waals surface area contributed by atoms with E-state index in [0.29, 0.717) is 5.11 Å². The summed E-state index contributed by atoms with van der Waals surface area (Å²) < 4.78 is 3.45. The highest BCUT2D eigenvalue weighted by atomic mass is 79.9. The number of hydrogen-bond acceptors (Lipinski definition) is 3. The number of rotatable bonds is 5. The van der Waals surface area contributed by atoms with E-state index >= 15 is 0 Å². The molecule has 3 aromatic heterocycles. The summed E-state index contributed by atoms with van der Waals surface area (Å²) in [6.45, 7) is 7.27. The first kappa shape index (κ1) is 22.7. The van der Waals surface area contributed by atoms with Gasteiger partial charge in [-0.15, -0.1) is 0 Å². The van der Waals surface area contributed by atoms with Crippen molar-refractivity contribution in [1.82, 2.24) is 19.9 Å². The van der Waals surface area contributed by atoms with Gasteiger partial charge in [0.25, 0.3) is 0 Å². The van der Waals surface area contributed by atoms with Crippen molar-refractivity contribution in [3.8, 4) is 0 Å². The second kappa shape index (κ2) is 9.31. The molecule has 4 heterocycles. The van der Waals surface area contributed by atoms with Crippen molar-refractivity contribution in [3.63, 3.8) is 0 Å². The summed E-state index contributed by atoms with van der Waals surface area (Å²) in [5, 5.41) is 4.28. The van der Waals surface area contributed by atoms with E-state index in [0.717, 1.165) is 22.4 Å². The van der Waals surface area contributed by atoms with Gasteiger partial charge in [-0.2, -0.15) is 0 Å². The zero-order valence-electron chi connectivity index (χ0n) is 19.4. The lowest BCUT2D eigenvalue weighted by Gasteiger charge is -2.28. The lowest BCUT2D eigenvalue weighted by molar-refractivity contribution is 0.563. The summed E-state index contributed by atoms with van der Waals surface area (Å²) in [6.07, 6.45) is 5.53. The third-order valence-corrected chi connectivity index (χ3v) is 7.74. The third-order valence-electron chi connectivity index (χ3n) is 6.54. The van der Waals surface area contributed by atoms with E-state index in [4.69, 9.17) is 12.2 Å². The van der Waals surface area contributed by atoms with Crippen LogP contribution in [0.3, 0.4) is 0 Å². The number of aryl methyl sites for hydroxylation is 2. The summed E-state index contributed by atoms with van der Waals surface area (Å²) in [7, 11) is 0. The normalized spacial score (nSPS) is 17.8. The number of pyridine rings is 2. The molecular formula is C27H26BrN5S. The van der Waals surface area contributed by atoms with Crippen LogP contribution in [0.15, 0.2) is 77.7 Å². The second-order valence-corrected chi connectivity index (χ2v) is 9.94. The zero-order chi connectivity index (χ0) is 23.8. The minimum atomic E-state index is -0.0625. The van der Waals surface area contributed by atoms with Gasteiger partial charge in [0, 0.05) is 46.7 Å². The number of nitrogens with zero attached hydrogens (tertiary/aromatic N) is 4. The van der Waals surface area contributed by atoms with Crippen LogP contribution < -0.4 is 10.2 Å². The minimum Gasteiger partial charge on any atom is -0.351 e. The molecule has 5 nitrogen and oxygen atoms in total. The predicted molar refractivity (Wildman–Crippen MR) is 144 cm³/mol. The highest BCUT2D eigenvalue weighted by Crippen LogP contribution is 2.43. The molecule has 1 fully saturated rings. The number of anilines is 1. The topological polar surface area (TPSA) is 46.0 Å². The van der Waals surface area contributed by atoms with E-state index < -0.39 is 0 Å². The van der Waals surface area contributed by atoms with E-state index in [1.54, 1.807) is 0 Å². The van der Waals surface area contributed by atoms with E-state index in [2.05, 4.69) is 104 Å². The predicted octanol–water partition coefficient (Wildman–Crippen LogP) is 6.19. The first-order valence-corrected chi connectivity index (χ1v) is 12.5. The van der Waals surface area contributed by atoms with Crippen molar-refractivity contribution in [2.24, 2.45) is 0 Å². The van der Waals surface area contributed by atoms with Crippen molar-refractivity contribution in [1.29, 1.82) is 0 Å². The summed E-state index contributed by atoms with van der Waals surface area (Å²) in [6, 6.07) is 18.8. The van der Waals surface area contributed by atoms with Crippen LogP contribution in [-0.4, -0.2) is 19.6 Å². The fraction of sp³-hybridized carbons (Fsp3) is 0.222. The molecule has 5 rings (SSSR count). The molecule has 1 N–H and O–H groups in total. The Morgan fingerprint density at radius 1 is 1.00 bits per heavy atom. The van der Waals surface area contributed by atoms with Crippen LogP contribution in [0.5, 0.6) is 0 Å². The van der Waals surface area contributed by atoms with Gasteiger partial charge in [0.1, 0.15) is 0 Å². The minimum absolute atomic E-state index is 0.0274. The van der Waals surface area contributed by atoms with Gasteiger partial charge in [0.05, 0.1) is 17.8 Å². The molecule has 1 aromatic carbocycles. The van der Waals surface area contributed by atoms with Crippen molar-refractivity contribution in [3.05, 3.63) is 111 Å². The summed E-state index contributed by atoms with van der Waals surface area (Å²) >= 11 is 9.54. The molecule has 7 heteroatoms. The first-order valence-electron chi connectivity index (χ1n) is 11.3. The van der Waals surface area contributed by atoms with Gasteiger partial charge in [-0.3, -0.25) is 9.97 Å². The Morgan fingerprint density at radius 3 is 2.50 bits per heavy atom. The summed E-state index contributed by atoms with van der Waals surface area (Å²) in [5.74, 6) is 0. The van der Waals surface area contributed by atoms with Crippen molar-refractivity contribution < 1.29 is 0 Å². The highest BCUT2D eigenvalue weighted by Gasteiger charge is 2.42. The van der Waals surface area contributed by atoms with E-state index in [1.807, 2.05) is 30.7 Å². The number of benzene rings is 1. The summed E-state index contributed by atoms with van der Waals surface area (Å²) in [4.78, 5) is 11.1. The molecule has 0 amide bonds. The molecule has 1 saturated heterocycles. The van der Waals surface area contributed by atoms with Gasteiger partial charge in [-0.05, 0) is 98.2 Å². The standard InChI is InChI=1S/C27H26BrN5S/c1-17-14-21(7-8-23(17)28)33-26(25(31-27(33)34)24-6-4-5-11-30-24)22-15-18(2)32(19(22)3)16-20-9-12-29-13-10-20/h4-15,25-26H,16H2,1-3H3,(H,31,34)/t25-,26-/m0/s1. The number of nitrogens with one attached hydrogen (secondary N) is 1.